The number of carboxylic acid groups (broad SMARTS) is 1. The molecule has 1 fully saturated rings. The van der Waals surface area contributed by atoms with Crippen molar-refractivity contribution in [2.75, 3.05) is 27.2 Å². The van der Waals surface area contributed by atoms with Gasteiger partial charge in [0.25, 0.3) is 0 Å². The highest BCUT2D eigenvalue weighted by Crippen LogP contribution is 2.13. The molecular formula is C13H23N3O4. The summed E-state index contributed by atoms with van der Waals surface area (Å²) in [7, 11) is 3.94. The van der Waals surface area contributed by atoms with Gasteiger partial charge in [-0.1, -0.05) is 0 Å². The predicted octanol–water partition coefficient (Wildman–Crippen LogP) is 0.504. The van der Waals surface area contributed by atoms with Crippen LogP contribution in [-0.2, 0) is 9.59 Å². The molecule has 0 radical (unpaired) electrons. The van der Waals surface area contributed by atoms with E-state index in [9.17, 15) is 14.4 Å². The number of unbranched alkanes of at least 4 members (excludes halogenated alkanes) is 1. The topological polar surface area (TPSA) is 90.0 Å². The van der Waals surface area contributed by atoms with E-state index in [1.165, 1.54) is 0 Å². The fourth-order valence-electron chi connectivity index (χ4n) is 2.17. The number of hydrogen-bond acceptors (Lipinski definition) is 4. The Balaban J connectivity index is 2.22. The second kappa shape index (κ2) is 7.84. The second-order valence-electron chi connectivity index (χ2n) is 5.31. The Hall–Kier alpha value is -1.63. The summed E-state index contributed by atoms with van der Waals surface area (Å²) in [5, 5.41) is 10.8. The highest BCUT2D eigenvalue weighted by Gasteiger charge is 2.27. The Bertz CT molecular complexity index is 371. The molecule has 0 aromatic rings. The molecule has 1 rings (SSSR count). The Labute approximate surface area is 118 Å². The molecule has 0 aliphatic carbocycles. The summed E-state index contributed by atoms with van der Waals surface area (Å²) in [4.78, 5) is 37.4. The van der Waals surface area contributed by atoms with Gasteiger partial charge in [0.2, 0.25) is 5.91 Å². The van der Waals surface area contributed by atoms with Gasteiger partial charge in [0, 0.05) is 32.0 Å². The fourth-order valence-corrected chi connectivity index (χ4v) is 2.17. The lowest BCUT2D eigenvalue weighted by Gasteiger charge is -2.20. The summed E-state index contributed by atoms with van der Waals surface area (Å²) in [6.07, 6.45) is 2.07. The van der Waals surface area contributed by atoms with Crippen LogP contribution < -0.4 is 5.32 Å². The molecule has 2 N–H and O–H groups in total. The zero-order chi connectivity index (χ0) is 15.1. The average Bonchev–Trinajstić information content (AvgIpc) is 2.84. The highest BCUT2D eigenvalue weighted by molar-refractivity contribution is 5.94. The lowest BCUT2D eigenvalue weighted by molar-refractivity contribution is -0.137. The number of amides is 3. The molecule has 3 amide bonds. The molecule has 0 aromatic carbocycles. The standard InChI is InChI=1S/C13H23N3O4/c1-15(2)10-7-8-16(9-10)13(20)14-11(17)5-3-4-6-12(18)19/h10H,3-9H2,1-2H3,(H,18,19)(H,14,17,20). The molecule has 1 atom stereocenters. The molecular weight excluding hydrogens is 262 g/mol. The van der Waals surface area contributed by atoms with Gasteiger partial charge in [-0.15, -0.1) is 0 Å². The van der Waals surface area contributed by atoms with Crippen LogP contribution in [0.3, 0.4) is 0 Å². The number of urea groups is 1. The SMILES string of the molecule is CN(C)C1CCN(C(=O)NC(=O)CCCCC(=O)O)C1. The van der Waals surface area contributed by atoms with Gasteiger partial charge in [-0.25, -0.2) is 4.79 Å². The maximum Gasteiger partial charge on any atom is 0.324 e. The van der Waals surface area contributed by atoms with E-state index in [-0.39, 0.29) is 24.8 Å². The van der Waals surface area contributed by atoms with Gasteiger partial charge in [0.1, 0.15) is 0 Å². The molecule has 0 saturated carbocycles. The third-order valence-electron chi connectivity index (χ3n) is 3.47. The van der Waals surface area contributed by atoms with Gasteiger partial charge >= 0.3 is 12.0 Å². The molecule has 1 unspecified atom stereocenters. The molecule has 1 aliphatic rings. The first-order valence-electron chi connectivity index (χ1n) is 6.87. The second-order valence-corrected chi connectivity index (χ2v) is 5.31. The van der Waals surface area contributed by atoms with Crippen LogP contribution in [0.5, 0.6) is 0 Å². The third kappa shape index (κ3) is 5.56. The summed E-state index contributed by atoms with van der Waals surface area (Å²) < 4.78 is 0. The van der Waals surface area contributed by atoms with Crippen LogP contribution in [0.25, 0.3) is 0 Å². The number of nitrogens with zero attached hydrogens (tertiary/aromatic N) is 2. The van der Waals surface area contributed by atoms with Gasteiger partial charge < -0.3 is 14.9 Å². The Kier molecular flexibility index (Phi) is 6.44. The minimum atomic E-state index is -0.867. The lowest BCUT2D eigenvalue weighted by Crippen LogP contribution is -2.43. The van der Waals surface area contributed by atoms with Crippen molar-refractivity contribution < 1.29 is 19.5 Å². The monoisotopic (exact) mass is 285 g/mol. The largest absolute Gasteiger partial charge is 0.481 e. The van der Waals surface area contributed by atoms with Crippen LogP contribution in [0.4, 0.5) is 4.79 Å². The number of hydrogen-bond donors (Lipinski definition) is 2. The minimum Gasteiger partial charge on any atom is -0.481 e. The number of carboxylic acids is 1. The van der Waals surface area contributed by atoms with Crippen molar-refractivity contribution in [3.05, 3.63) is 0 Å². The van der Waals surface area contributed by atoms with Gasteiger partial charge in [-0.3, -0.25) is 14.9 Å². The molecule has 1 saturated heterocycles. The first-order chi connectivity index (χ1) is 9.40. The van der Waals surface area contributed by atoms with E-state index in [1.54, 1.807) is 4.90 Å². The van der Waals surface area contributed by atoms with Crippen LogP contribution >= 0.6 is 0 Å². The number of likely N-dealkylation sites (N-methyl/N-ethyl adjacent to an activating group) is 1. The average molecular weight is 285 g/mol. The maximum atomic E-state index is 11.8. The molecule has 0 aromatic heterocycles. The molecule has 0 spiro atoms. The van der Waals surface area contributed by atoms with Crippen molar-refractivity contribution in [1.29, 1.82) is 0 Å². The van der Waals surface area contributed by atoms with E-state index < -0.39 is 5.97 Å². The zero-order valence-corrected chi connectivity index (χ0v) is 12.1. The van der Waals surface area contributed by atoms with Gasteiger partial charge in [0.05, 0.1) is 0 Å². The van der Waals surface area contributed by atoms with E-state index in [0.29, 0.717) is 32.0 Å². The third-order valence-corrected chi connectivity index (χ3v) is 3.47. The molecule has 20 heavy (non-hydrogen) atoms. The van der Waals surface area contributed by atoms with Crippen LogP contribution in [0.1, 0.15) is 32.1 Å². The van der Waals surface area contributed by atoms with E-state index in [1.807, 2.05) is 14.1 Å². The summed E-state index contributed by atoms with van der Waals surface area (Å²) in [6, 6.07) is -0.0102. The first kappa shape index (κ1) is 16.4. The number of carbonyl (C=O) groups excluding carboxylic acids is 2. The van der Waals surface area contributed by atoms with Crippen molar-refractivity contribution in [1.82, 2.24) is 15.1 Å². The van der Waals surface area contributed by atoms with E-state index in [2.05, 4.69) is 10.2 Å². The van der Waals surface area contributed by atoms with Crippen molar-refractivity contribution >= 4 is 17.9 Å². The van der Waals surface area contributed by atoms with E-state index >= 15 is 0 Å². The zero-order valence-electron chi connectivity index (χ0n) is 12.1. The smallest absolute Gasteiger partial charge is 0.324 e. The van der Waals surface area contributed by atoms with Gasteiger partial charge in [-0.2, -0.15) is 0 Å². The van der Waals surface area contributed by atoms with Crippen molar-refractivity contribution in [2.24, 2.45) is 0 Å². The van der Waals surface area contributed by atoms with Crippen molar-refractivity contribution in [3.8, 4) is 0 Å². The van der Waals surface area contributed by atoms with Crippen LogP contribution in [0.2, 0.25) is 0 Å². The first-order valence-corrected chi connectivity index (χ1v) is 6.87. The fraction of sp³-hybridized carbons (Fsp3) is 0.769. The summed E-state index contributed by atoms with van der Waals surface area (Å²) >= 11 is 0. The number of likely N-dealkylation sites (tertiary alicyclic amines) is 1. The molecule has 1 heterocycles. The van der Waals surface area contributed by atoms with Gasteiger partial charge in [0.15, 0.2) is 0 Å². The van der Waals surface area contributed by atoms with Gasteiger partial charge in [-0.05, 0) is 33.4 Å². The Morgan fingerprint density at radius 3 is 2.45 bits per heavy atom. The number of imide groups is 1. The quantitative estimate of drug-likeness (QED) is 0.694. The normalized spacial score (nSPS) is 18.4. The molecule has 0 bridgehead atoms. The summed E-state index contributed by atoms with van der Waals surface area (Å²) in [5.74, 6) is -1.21. The van der Waals surface area contributed by atoms with Crippen molar-refractivity contribution in [3.63, 3.8) is 0 Å². The van der Waals surface area contributed by atoms with E-state index in [0.717, 1.165) is 6.42 Å². The number of nitrogens with one attached hydrogen (secondary N) is 1. The summed E-state index contributed by atoms with van der Waals surface area (Å²) in [5.41, 5.74) is 0. The van der Waals surface area contributed by atoms with Crippen LogP contribution in [0.15, 0.2) is 0 Å². The van der Waals surface area contributed by atoms with Crippen LogP contribution in [0, 0.1) is 0 Å². The molecule has 114 valence electrons. The van der Waals surface area contributed by atoms with Crippen LogP contribution in [-0.4, -0.2) is 66.0 Å². The highest BCUT2D eigenvalue weighted by atomic mass is 16.4. The number of aliphatic carboxylic acids is 1. The van der Waals surface area contributed by atoms with E-state index in [4.69, 9.17) is 5.11 Å². The minimum absolute atomic E-state index is 0.0534. The number of carbonyl (C=O) groups is 3. The molecule has 1 aliphatic heterocycles. The maximum absolute atomic E-state index is 11.8. The number of rotatable bonds is 6. The molecule has 7 heteroatoms. The van der Waals surface area contributed by atoms with Crippen molar-refractivity contribution in [2.45, 2.75) is 38.1 Å². The molecule has 7 nitrogen and oxygen atoms in total. The lowest BCUT2D eigenvalue weighted by atomic mass is 10.2. The summed E-state index contributed by atoms with van der Waals surface area (Å²) in [6.45, 7) is 1.28. The predicted molar refractivity (Wildman–Crippen MR) is 73.3 cm³/mol. The Morgan fingerprint density at radius 1 is 1.25 bits per heavy atom. The Morgan fingerprint density at radius 2 is 1.90 bits per heavy atom.